The van der Waals surface area contributed by atoms with Crippen LogP contribution in [0, 0.1) is 0 Å². The molecule has 2 aromatic rings. The van der Waals surface area contributed by atoms with Crippen LogP contribution < -0.4 is 21.7 Å². The molecule has 0 radical (unpaired) electrons. The molecule has 12 nitrogen and oxygen atoms in total. The number of aromatic amines is 1. The van der Waals surface area contributed by atoms with E-state index in [9.17, 15) is 24.3 Å². The van der Waals surface area contributed by atoms with Crippen molar-refractivity contribution >= 4 is 36.3 Å². The molecule has 0 spiro atoms. The third-order valence-corrected chi connectivity index (χ3v) is 5.22. The zero-order valence-corrected chi connectivity index (χ0v) is 19.1. The summed E-state index contributed by atoms with van der Waals surface area (Å²) in [5, 5.41) is 25.8. The number of nitrogens with two attached hydrogens (primary N) is 1. The standard InChI is InChI=1S/C21H28N6O6S/c22-14(9-28)18(29)25-16(7-13-8-23-11-24-13)20(31)26-15(6-12-4-2-1-3-5-12)19(30)27-17(10-34)21(32)33/h1-5,8,11,14-17,28,34H,6-7,9-10,22H2,(H,23,24)(H,25,29)(H,26,31)(H,27,30)(H,32,33). The molecule has 0 saturated carbocycles. The predicted molar refractivity (Wildman–Crippen MR) is 125 cm³/mol. The van der Waals surface area contributed by atoms with Crippen molar-refractivity contribution in [2.75, 3.05) is 12.4 Å². The zero-order valence-electron chi connectivity index (χ0n) is 18.2. The zero-order chi connectivity index (χ0) is 25.1. The van der Waals surface area contributed by atoms with Gasteiger partial charge in [0.1, 0.15) is 24.2 Å². The lowest BCUT2D eigenvalue weighted by Gasteiger charge is -2.25. The number of carbonyl (C=O) groups is 4. The molecule has 0 bridgehead atoms. The number of hydrogen-bond acceptors (Lipinski definition) is 8. The summed E-state index contributed by atoms with van der Waals surface area (Å²) < 4.78 is 0. The molecule has 0 saturated heterocycles. The molecule has 0 aliphatic heterocycles. The summed E-state index contributed by atoms with van der Waals surface area (Å²) in [6.07, 6.45) is 2.94. The Hall–Kier alpha value is -3.42. The summed E-state index contributed by atoms with van der Waals surface area (Å²) >= 11 is 3.94. The van der Waals surface area contributed by atoms with E-state index < -0.39 is 54.5 Å². The van der Waals surface area contributed by atoms with Crippen molar-refractivity contribution in [2.45, 2.75) is 37.0 Å². The number of aliphatic hydroxyl groups is 1. The van der Waals surface area contributed by atoms with E-state index in [1.807, 2.05) is 0 Å². The lowest BCUT2D eigenvalue weighted by Crippen LogP contribution is -2.58. The van der Waals surface area contributed by atoms with Gasteiger partial charge >= 0.3 is 5.97 Å². The van der Waals surface area contributed by atoms with Crippen LogP contribution in [0.4, 0.5) is 0 Å². The Kier molecular flexibility index (Phi) is 10.5. The second kappa shape index (κ2) is 13.3. The second-order valence-electron chi connectivity index (χ2n) is 7.46. The Balaban J connectivity index is 2.24. The van der Waals surface area contributed by atoms with Crippen LogP contribution in [0.15, 0.2) is 42.9 Å². The summed E-state index contributed by atoms with van der Waals surface area (Å²) in [6, 6.07) is 4.02. The van der Waals surface area contributed by atoms with Crippen LogP contribution in [0.2, 0.25) is 0 Å². The molecule has 4 atom stereocenters. The first-order valence-corrected chi connectivity index (χ1v) is 11.0. The maximum absolute atomic E-state index is 13.1. The molecule has 3 amide bonds. The number of aromatic nitrogens is 2. The predicted octanol–water partition coefficient (Wildman–Crippen LogP) is -2.02. The molecule has 184 valence electrons. The molecule has 13 heteroatoms. The number of imidazole rings is 1. The smallest absolute Gasteiger partial charge is 0.327 e. The summed E-state index contributed by atoms with van der Waals surface area (Å²) in [4.78, 5) is 56.3. The third kappa shape index (κ3) is 8.17. The van der Waals surface area contributed by atoms with Gasteiger partial charge in [0, 0.05) is 30.5 Å². The maximum atomic E-state index is 13.1. The van der Waals surface area contributed by atoms with Gasteiger partial charge in [0.2, 0.25) is 17.7 Å². The highest BCUT2D eigenvalue weighted by atomic mass is 32.1. The highest BCUT2D eigenvalue weighted by Gasteiger charge is 2.30. The van der Waals surface area contributed by atoms with E-state index in [0.717, 1.165) is 5.56 Å². The summed E-state index contributed by atoms with van der Waals surface area (Å²) in [5.74, 6) is -3.60. The second-order valence-corrected chi connectivity index (χ2v) is 7.83. The van der Waals surface area contributed by atoms with Gasteiger partial charge in [-0.15, -0.1) is 0 Å². The van der Waals surface area contributed by atoms with E-state index in [1.54, 1.807) is 30.3 Å². The van der Waals surface area contributed by atoms with Gasteiger partial charge in [0.25, 0.3) is 0 Å². The van der Waals surface area contributed by atoms with Crippen LogP contribution in [-0.2, 0) is 32.0 Å². The number of aliphatic carboxylic acids is 1. The van der Waals surface area contributed by atoms with Gasteiger partial charge in [-0.25, -0.2) is 9.78 Å². The van der Waals surface area contributed by atoms with Gasteiger partial charge in [-0.2, -0.15) is 12.6 Å². The Morgan fingerprint density at radius 3 is 2.09 bits per heavy atom. The number of nitrogens with one attached hydrogen (secondary N) is 4. The maximum Gasteiger partial charge on any atom is 0.327 e. The summed E-state index contributed by atoms with van der Waals surface area (Å²) in [6.45, 7) is -0.621. The fourth-order valence-corrected chi connectivity index (χ4v) is 3.22. The van der Waals surface area contributed by atoms with Crippen molar-refractivity contribution in [3.63, 3.8) is 0 Å². The Morgan fingerprint density at radius 1 is 0.971 bits per heavy atom. The first-order valence-electron chi connectivity index (χ1n) is 10.4. The van der Waals surface area contributed by atoms with Gasteiger partial charge in [-0.3, -0.25) is 14.4 Å². The van der Waals surface area contributed by atoms with Crippen molar-refractivity contribution in [1.82, 2.24) is 25.9 Å². The molecule has 0 aliphatic carbocycles. The Labute approximate surface area is 201 Å². The number of rotatable bonds is 13. The number of benzene rings is 1. The number of nitrogens with zero attached hydrogens (tertiary/aromatic N) is 1. The van der Waals surface area contributed by atoms with Crippen molar-refractivity contribution in [3.05, 3.63) is 54.1 Å². The van der Waals surface area contributed by atoms with Gasteiger partial charge in [0.15, 0.2) is 0 Å². The number of aliphatic hydroxyl groups excluding tert-OH is 1. The topological polar surface area (TPSA) is 200 Å². The van der Waals surface area contributed by atoms with Crippen LogP contribution in [0.1, 0.15) is 11.3 Å². The quantitative estimate of drug-likeness (QED) is 0.146. The van der Waals surface area contributed by atoms with Gasteiger partial charge in [-0.05, 0) is 5.56 Å². The van der Waals surface area contributed by atoms with Crippen molar-refractivity contribution in [3.8, 4) is 0 Å². The van der Waals surface area contributed by atoms with E-state index in [0.29, 0.717) is 5.69 Å². The summed E-state index contributed by atoms with van der Waals surface area (Å²) in [7, 11) is 0. The Morgan fingerprint density at radius 2 is 1.56 bits per heavy atom. The van der Waals surface area contributed by atoms with E-state index in [-0.39, 0.29) is 18.6 Å². The number of hydrogen-bond donors (Lipinski definition) is 8. The summed E-state index contributed by atoms with van der Waals surface area (Å²) in [5.41, 5.74) is 6.80. The first-order chi connectivity index (χ1) is 16.2. The van der Waals surface area contributed by atoms with Crippen molar-refractivity contribution in [1.29, 1.82) is 0 Å². The molecule has 1 aromatic carbocycles. The molecule has 0 fully saturated rings. The molecule has 4 unspecified atom stereocenters. The minimum Gasteiger partial charge on any atom is -0.480 e. The lowest BCUT2D eigenvalue weighted by molar-refractivity contribution is -0.141. The van der Waals surface area contributed by atoms with Crippen LogP contribution in [0.5, 0.6) is 0 Å². The minimum absolute atomic E-state index is 0.00376. The van der Waals surface area contributed by atoms with Crippen LogP contribution in [-0.4, -0.2) is 80.4 Å². The fraction of sp³-hybridized carbons (Fsp3) is 0.381. The lowest BCUT2D eigenvalue weighted by atomic mass is 10.0. The fourth-order valence-electron chi connectivity index (χ4n) is 2.98. The number of amides is 3. The number of thiol groups is 1. The van der Waals surface area contributed by atoms with Crippen LogP contribution in [0.25, 0.3) is 0 Å². The third-order valence-electron chi connectivity index (χ3n) is 4.86. The largest absolute Gasteiger partial charge is 0.480 e. The van der Waals surface area contributed by atoms with Gasteiger partial charge in [-0.1, -0.05) is 30.3 Å². The highest BCUT2D eigenvalue weighted by molar-refractivity contribution is 7.80. The van der Waals surface area contributed by atoms with Crippen molar-refractivity contribution < 1.29 is 29.4 Å². The highest BCUT2D eigenvalue weighted by Crippen LogP contribution is 2.06. The first kappa shape index (κ1) is 26.8. The van der Waals surface area contributed by atoms with Crippen LogP contribution >= 0.6 is 12.6 Å². The van der Waals surface area contributed by atoms with E-state index in [4.69, 9.17) is 10.8 Å². The molecule has 8 N–H and O–H groups in total. The van der Waals surface area contributed by atoms with E-state index in [2.05, 4.69) is 38.5 Å². The molecule has 0 aliphatic rings. The minimum atomic E-state index is -1.27. The molecule has 1 aromatic heterocycles. The number of carboxylic acid groups (broad SMARTS) is 1. The SMILES string of the molecule is NC(CO)C(=O)NC(Cc1cnc[nH]1)C(=O)NC(Cc1ccccc1)C(=O)NC(CS)C(=O)O. The molecule has 1 heterocycles. The van der Waals surface area contributed by atoms with E-state index in [1.165, 1.54) is 12.5 Å². The monoisotopic (exact) mass is 492 g/mol. The molecular formula is C21H28N6O6S. The van der Waals surface area contributed by atoms with Gasteiger partial charge < -0.3 is 36.9 Å². The number of H-pyrrole nitrogens is 1. The number of carboxylic acids is 1. The number of carbonyl (C=O) groups excluding carboxylic acids is 3. The average Bonchev–Trinajstić information content (AvgIpc) is 3.34. The average molecular weight is 493 g/mol. The molecular weight excluding hydrogens is 464 g/mol. The molecule has 2 rings (SSSR count). The van der Waals surface area contributed by atoms with Gasteiger partial charge in [0.05, 0.1) is 12.9 Å². The van der Waals surface area contributed by atoms with Crippen LogP contribution in [0.3, 0.4) is 0 Å². The van der Waals surface area contributed by atoms with Crippen molar-refractivity contribution in [2.24, 2.45) is 5.73 Å². The Bertz CT molecular complexity index is 958. The normalized spacial score (nSPS) is 14.3. The molecule has 34 heavy (non-hydrogen) atoms. The van der Waals surface area contributed by atoms with E-state index >= 15 is 0 Å².